The highest BCUT2D eigenvalue weighted by atomic mass is 16.6. The van der Waals surface area contributed by atoms with E-state index < -0.39 is 5.60 Å². The Labute approximate surface area is 171 Å². The molecule has 1 fully saturated rings. The molecule has 1 aromatic carbocycles. The standard InChI is InChI=1S/C23H27N3O3/c1-23(2,3)29-22(28)26-12-10-25(11-13-26)20(27)15-17-8-9-24-19-14-16-6-4-5-7-18(16)21(17)19/h4-9H,10-15H2,1-3H3. The van der Waals surface area contributed by atoms with Crippen LogP contribution in [0.25, 0.3) is 11.1 Å². The minimum Gasteiger partial charge on any atom is -0.444 e. The number of rotatable bonds is 2. The number of carbonyl (C=O) groups is 2. The number of ether oxygens (including phenoxy) is 1. The van der Waals surface area contributed by atoms with Gasteiger partial charge in [0.2, 0.25) is 5.91 Å². The molecule has 29 heavy (non-hydrogen) atoms. The number of hydrogen-bond donors (Lipinski definition) is 0. The van der Waals surface area contributed by atoms with E-state index in [1.807, 2.05) is 43.9 Å². The molecule has 2 aromatic rings. The molecule has 2 heterocycles. The summed E-state index contributed by atoms with van der Waals surface area (Å²) in [4.78, 5) is 33.2. The summed E-state index contributed by atoms with van der Waals surface area (Å²) in [6.45, 7) is 7.63. The minimum atomic E-state index is -0.512. The van der Waals surface area contributed by atoms with Crippen molar-refractivity contribution >= 4 is 12.0 Å². The minimum absolute atomic E-state index is 0.0895. The van der Waals surface area contributed by atoms with Gasteiger partial charge in [-0.25, -0.2) is 4.79 Å². The lowest BCUT2D eigenvalue weighted by molar-refractivity contribution is -0.132. The number of aromatic nitrogens is 1. The Morgan fingerprint density at radius 3 is 2.45 bits per heavy atom. The normalized spacial score (nSPS) is 15.7. The van der Waals surface area contributed by atoms with Gasteiger partial charge in [-0.1, -0.05) is 24.3 Å². The maximum absolute atomic E-state index is 13.0. The molecule has 152 valence electrons. The highest BCUT2D eigenvalue weighted by Gasteiger charge is 2.29. The molecule has 1 saturated heterocycles. The topological polar surface area (TPSA) is 62.7 Å². The van der Waals surface area contributed by atoms with E-state index in [4.69, 9.17) is 4.74 Å². The molecule has 2 amide bonds. The molecular formula is C23H27N3O3. The predicted molar refractivity (Wildman–Crippen MR) is 111 cm³/mol. The molecule has 1 aliphatic heterocycles. The molecule has 4 rings (SSSR count). The van der Waals surface area contributed by atoms with Gasteiger partial charge in [-0.2, -0.15) is 0 Å². The Balaban J connectivity index is 1.41. The third kappa shape index (κ3) is 4.11. The van der Waals surface area contributed by atoms with Gasteiger partial charge >= 0.3 is 6.09 Å². The molecule has 6 nitrogen and oxygen atoms in total. The third-order valence-electron chi connectivity index (χ3n) is 5.39. The first kappa shape index (κ1) is 19.4. The van der Waals surface area contributed by atoms with Gasteiger partial charge in [0.15, 0.2) is 0 Å². The fraction of sp³-hybridized carbons (Fsp3) is 0.435. The van der Waals surface area contributed by atoms with E-state index in [9.17, 15) is 9.59 Å². The molecule has 0 spiro atoms. The summed E-state index contributed by atoms with van der Waals surface area (Å²) >= 11 is 0. The van der Waals surface area contributed by atoms with Crippen LogP contribution in [0.3, 0.4) is 0 Å². The molecule has 0 saturated carbocycles. The van der Waals surface area contributed by atoms with Crippen LogP contribution in [0, 0.1) is 0 Å². The van der Waals surface area contributed by atoms with Gasteiger partial charge in [-0.3, -0.25) is 9.78 Å². The number of amides is 2. The Morgan fingerprint density at radius 1 is 1.03 bits per heavy atom. The third-order valence-corrected chi connectivity index (χ3v) is 5.39. The molecule has 1 aliphatic carbocycles. The predicted octanol–water partition coefficient (Wildman–Crippen LogP) is 3.27. The quantitative estimate of drug-likeness (QED) is 0.670. The van der Waals surface area contributed by atoms with Crippen LogP contribution in [0.5, 0.6) is 0 Å². The largest absolute Gasteiger partial charge is 0.444 e. The molecular weight excluding hydrogens is 366 g/mol. The second-order valence-electron chi connectivity index (χ2n) is 8.65. The smallest absolute Gasteiger partial charge is 0.410 e. The van der Waals surface area contributed by atoms with Gasteiger partial charge in [-0.15, -0.1) is 0 Å². The molecule has 0 N–H and O–H groups in total. The SMILES string of the molecule is CC(C)(C)OC(=O)N1CCN(C(=O)Cc2ccnc3c2-c2ccccc2C3)CC1. The number of benzene rings is 1. The van der Waals surface area contributed by atoms with Gasteiger partial charge in [-0.05, 0) is 43.5 Å². The highest BCUT2D eigenvalue weighted by Crippen LogP contribution is 2.37. The van der Waals surface area contributed by atoms with Crippen molar-refractivity contribution in [2.24, 2.45) is 0 Å². The summed E-state index contributed by atoms with van der Waals surface area (Å²) in [7, 11) is 0. The van der Waals surface area contributed by atoms with Crippen LogP contribution < -0.4 is 0 Å². The van der Waals surface area contributed by atoms with Gasteiger partial charge in [0.25, 0.3) is 0 Å². The summed E-state index contributed by atoms with van der Waals surface area (Å²) in [6, 6.07) is 10.3. The molecule has 0 unspecified atom stereocenters. The van der Waals surface area contributed by atoms with Gasteiger partial charge in [0, 0.05) is 44.4 Å². The van der Waals surface area contributed by atoms with Crippen LogP contribution in [0.1, 0.15) is 37.6 Å². The van der Waals surface area contributed by atoms with E-state index in [1.54, 1.807) is 11.1 Å². The van der Waals surface area contributed by atoms with Crippen molar-refractivity contribution in [2.45, 2.75) is 39.2 Å². The molecule has 6 heteroatoms. The summed E-state index contributed by atoms with van der Waals surface area (Å²) in [5, 5.41) is 0. The second-order valence-corrected chi connectivity index (χ2v) is 8.65. The summed E-state index contributed by atoms with van der Waals surface area (Å²) in [5.74, 6) is 0.0895. The van der Waals surface area contributed by atoms with Crippen LogP contribution in [0.4, 0.5) is 4.79 Å². The average Bonchev–Trinajstić information content (AvgIpc) is 3.06. The Kier molecular flexibility index (Phi) is 5.03. The fourth-order valence-electron chi connectivity index (χ4n) is 4.00. The van der Waals surface area contributed by atoms with Crippen molar-refractivity contribution < 1.29 is 14.3 Å². The Morgan fingerprint density at radius 2 is 1.72 bits per heavy atom. The van der Waals surface area contributed by atoms with Crippen molar-refractivity contribution in [1.29, 1.82) is 0 Å². The van der Waals surface area contributed by atoms with E-state index >= 15 is 0 Å². The number of carbonyl (C=O) groups excluding carboxylic acids is 2. The molecule has 2 aliphatic rings. The molecule has 0 bridgehead atoms. The number of hydrogen-bond acceptors (Lipinski definition) is 4. The van der Waals surface area contributed by atoms with E-state index in [1.165, 1.54) is 11.1 Å². The van der Waals surface area contributed by atoms with Crippen LogP contribution in [0.15, 0.2) is 36.5 Å². The van der Waals surface area contributed by atoms with Crippen LogP contribution >= 0.6 is 0 Å². The van der Waals surface area contributed by atoms with Crippen LogP contribution in [-0.4, -0.2) is 58.6 Å². The number of fused-ring (bicyclic) bond motifs is 3. The van der Waals surface area contributed by atoms with Crippen molar-refractivity contribution in [3.63, 3.8) is 0 Å². The first-order valence-corrected chi connectivity index (χ1v) is 10.1. The summed E-state index contributed by atoms with van der Waals surface area (Å²) < 4.78 is 5.43. The summed E-state index contributed by atoms with van der Waals surface area (Å²) in [5.41, 5.74) is 5.13. The first-order valence-electron chi connectivity index (χ1n) is 10.1. The molecule has 0 atom stereocenters. The number of pyridine rings is 1. The monoisotopic (exact) mass is 393 g/mol. The number of nitrogens with zero attached hydrogens (tertiary/aromatic N) is 3. The van der Waals surface area contributed by atoms with E-state index in [-0.39, 0.29) is 12.0 Å². The first-order chi connectivity index (χ1) is 13.8. The average molecular weight is 393 g/mol. The lowest BCUT2D eigenvalue weighted by Gasteiger charge is -2.35. The maximum atomic E-state index is 13.0. The van der Waals surface area contributed by atoms with E-state index in [2.05, 4.69) is 17.1 Å². The molecule has 1 aromatic heterocycles. The van der Waals surface area contributed by atoms with Gasteiger partial charge < -0.3 is 14.5 Å². The molecule has 0 radical (unpaired) electrons. The van der Waals surface area contributed by atoms with Crippen molar-refractivity contribution in [2.75, 3.05) is 26.2 Å². The Hall–Kier alpha value is -2.89. The van der Waals surface area contributed by atoms with Crippen molar-refractivity contribution in [3.8, 4) is 11.1 Å². The van der Waals surface area contributed by atoms with Gasteiger partial charge in [0.1, 0.15) is 5.60 Å². The van der Waals surface area contributed by atoms with Gasteiger partial charge in [0.05, 0.1) is 12.1 Å². The lowest BCUT2D eigenvalue weighted by Crippen LogP contribution is -2.52. The van der Waals surface area contributed by atoms with E-state index in [0.717, 1.165) is 23.2 Å². The van der Waals surface area contributed by atoms with Crippen LogP contribution in [0.2, 0.25) is 0 Å². The fourth-order valence-corrected chi connectivity index (χ4v) is 4.00. The maximum Gasteiger partial charge on any atom is 0.410 e. The summed E-state index contributed by atoms with van der Waals surface area (Å²) in [6.07, 6.45) is 2.66. The Bertz CT molecular complexity index is 941. The number of piperazine rings is 1. The van der Waals surface area contributed by atoms with E-state index in [0.29, 0.717) is 32.6 Å². The highest BCUT2D eigenvalue weighted by molar-refractivity contribution is 5.85. The van der Waals surface area contributed by atoms with Crippen molar-refractivity contribution in [1.82, 2.24) is 14.8 Å². The second kappa shape index (κ2) is 7.50. The zero-order valence-corrected chi connectivity index (χ0v) is 17.3. The van der Waals surface area contributed by atoms with Crippen molar-refractivity contribution in [3.05, 3.63) is 53.3 Å². The zero-order valence-electron chi connectivity index (χ0n) is 17.3. The zero-order chi connectivity index (χ0) is 20.6. The lowest BCUT2D eigenvalue weighted by atomic mass is 9.99. The van der Waals surface area contributed by atoms with Crippen LogP contribution in [-0.2, 0) is 22.4 Å².